The van der Waals surface area contributed by atoms with E-state index in [9.17, 15) is 9.90 Å². The van der Waals surface area contributed by atoms with Crippen LogP contribution in [0.2, 0.25) is 0 Å². The van der Waals surface area contributed by atoms with Crippen LogP contribution in [0.4, 0.5) is 4.79 Å². The first kappa shape index (κ1) is 10.9. The number of rotatable bonds is 3. The number of carboxylic acid groups (broad SMARTS) is 1. The minimum Gasteiger partial charge on any atom is -0.465 e. The Kier molecular flexibility index (Phi) is 2.82. The van der Waals surface area contributed by atoms with Gasteiger partial charge >= 0.3 is 6.09 Å². The van der Waals surface area contributed by atoms with Crippen LogP contribution in [-0.2, 0) is 0 Å². The van der Waals surface area contributed by atoms with Gasteiger partial charge in [0.25, 0.3) is 0 Å². The highest BCUT2D eigenvalue weighted by Gasteiger charge is 2.32. The lowest BCUT2D eigenvalue weighted by atomic mass is 9.87. The van der Waals surface area contributed by atoms with Gasteiger partial charge in [0.2, 0.25) is 0 Å². The Morgan fingerprint density at radius 3 is 2.88 bits per heavy atom. The van der Waals surface area contributed by atoms with Crippen molar-refractivity contribution < 1.29 is 15.0 Å². The second-order valence-corrected chi connectivity index (χ2v) is 4.17. The van der Waals surface area contributed by atoms with Crippen LogP contribution in [-0.4, -0.2) is 32.1 Å². The number of amides is 1. The maximum absolute atomic E-state index is 10.4. The van der Waals surface area contributed by atoms with Crippen LogP contribution in [0.3, 0.4) is 0 Å². The molecule has 0 aliphatic heterocycles. The third-order valence-corrected chi connectivity index (χ3v) is 2.87. The molecule has 0 unspecified atom stereocenters. The number of aliphatic hydroxyl groups is 1. The molecule has 1 amide bonds. The van der Waals surface area contributed by atoms with E-state index < -0.39 is 12.2 Å². The van der Waals surface area contributed by atoms with Gasteiger partial charge in [-0.3, -0.25) is 4.68 Å². The summed E-state index contributed by atoms with van der Waals surface area (Å²) in [6, 6.07) is 2.05. The zero-order chi connectivity index (χ0) is 11.7. The van der Waals surface area contributed by atoms with Gasteiger partial charge in [-0.05, 0) is 25.8 Å². The number of aliphatic hydroxyl groups excluding tert-OH is 1. The first-order valence-electron chi connectivity index (χ1n) is 5.29. The van der Waals surface area contributed by atoms with E-state index in [2.05, 4.69) is 10.4 Å². The van der Waals surface area contributed by atoms with Crippen LogP contribution < -0.4 is 5.32 Å². The van der Waals surface area contributed by atoms with E-state index in [1.807, 2.05) is 6.20 Å². The Labute approximate surface area is 92.9 Å². The summed E-state index contributed by atoms with van der Waals surface area (Å²) in [5.74, 6) is 0. The lowest BCUT2D eigenvalue weighted by Gasteiger charge is -2.35. The van der Waals surface area contributed by atoms with E-state index in [1.54, 1.807) is 17.7 Å². The standard InChI is InChI=1S/C10H15N3O3/c1-6(14)9-2-3-13(12-9)8-4-7(5-8)11-10(15)16/h2-3,6-8,11,14H,4-5H2,1H3,(H,15,16)/t6-,7?,8?/m0/s1. The molecule has 3 N–H and O–H groups in total. The van der Waals surface area contributed by atoms with Crippen molar-refractivity contribution in [1.29, 1.82) is 0 Å². The lowest BCUT2D eigenvalue weighted by molar-refractivity contribution is 0.161. The second-order valence-electron chi connectivity index (χ2n) is 4.17. The quantitative estimate of drug-likeness (QED) is 0.713. The number of hydrogen-bond acceptors (Lipinski definition) is 3. The normalized spacial score (nSPS) is 25.9. The van der Waals surface area contributed by atoms with Crippen LogP contribution in [0.15, 0.2) is 12.3 Å². The van der Waals surface area contributed by atoms with Crippen LogP contribution in [0.25, 0.3) is 0 Å². The monoisotopic (exact) mass is 225 g/mol. The van der Waals surface area contributed by atoms with Crippen molar-refractivity contribution in [3.8, 4) is 0 Å². The molecule has 0 aromatic carbocycles. The third kappa shape index (κ3) is 2.16. The largest absolute Gasteiger partial charge is 0.465 e. The average Bonchev–Trinajstić information content (AvgIpc) is 2.58. The van der Waals surface area contributed by atoms with Crippen molar-refractivity contribution in [1.82, 2.24) is 15.1 Å². The van der Waals surface area contributed by atoms with E-state index >= 15 is 0 Å². The fourth-order valence-electron chi connectivity index (χ4n) is 1.88. The van der Waals surface area contributed by atoms with Crippen molar-refractivity contribution in [2.75, 3.05) is 0 Å². The van der Waals surface area contributed by atoms with Crippen LogP contribution in [0, 0.1) is 0 Å². The molecular formula is C10H15N3O3. The van der Waals surface area contributed by atoms with Gasteiger partial charge in [0, 0.05) is 12.2 Å². The molecular weight excluding hydrogens is 210 g/mol. The molecule has 1 fully saturated rings. The molecule has 1 saturated carbocycles. The molecule has 2 rings (SSSR count). The number of hydrogen-bond donors (Lipinski definition) is 3. The minimum absolute atomic E-state index is 0.0294. The molecule has 1 aromatic heterocycles. The molecule has 1 atom stereocenters. The topological polar surface area (TPSA) is 87.4 Å². The second kappa shape index (κ2) is 4.13. The fraction of sp³-hybridized carbons (Fsp3) is 0.600. The van der Waals surface area contributed by atoms with Crippen molar-refractivity contribution in [3.63, 3.8) is 0 Å². The first-order chi connectivity index (χ1) is 7.56. The van der Waals surface area contributed by atoms with Crippen molar-refractivity contribution in [2.24, 2.45) is 0 Å². The molecule has 1 aliphatic carbocycles. The first-order valence-corrected chi connectivity index (χ1v) is 5.29. The van der Waals surface area contributed by atoms with Gasteiger partial charge in [-0.1, -0.05) is 0 Å². The van der Waals surface area contributed by atoms with E-state index in [0.717, 1.165) is 12.8 Å². The molecule has 6 nitrogen and oxygen atoms in total. The molecule has 1 aliphatic rings. The molecule has 1 aromatic rings. The summed E-state index contributed by atoms with van der Waals surface area (Å²) in [6.45, 7) is 1.67. The number of nitrogens with one attached hydrogen (secondary N) is 1. The summed E-state index contributed by atoms with van der Waals surface area (Å²) in [4.78, 5) is 10.4. The van der Waals surface area contributed by atoms with Crippen LogP contribution >= 0.6 is 0 Å². The fourth-order valence-corrected chi connectivity index (χ4v) is 1.88. The molecule has 0 saturated heterocycles. The Morgan fingerprint density at radius 1 is 1.69 bits per heavy atom. The Morgan fingerprint density at radius 2 is 2.38 bits per heavy atom. The zero-order valence-corrected chi connectivity index (χ0v) is 9.00. The smallest absolute Gasteiger partial charge is 0.404 e. The van der Waals surface area contributed by atoms with Gasteiger partial charge in [0.15, 0.2) is 0 Å². The van der Waals surface area contributed by atoms with Crippen LogP contribution in [0.5, 0.6) is 0 Å². The maximum atomic E-state index is 10.4. The van der Waals surface area contributed by atoms with E-state index in [1.165, 1.54) is 0 Å². The molecule has 88 valence electrons. The number of aromatic nitrogens is 2. The van der Waals surface area contributed by atoms with Crippen molar-refractivity contribution in [2.45, 2.75) is 38.0 Å². The number of carbonyl (C=O) groups is 1. The molecule has 0 spiro atoms. The predicted molar refractivity (Wildman–Crippen MR) is 56.1 cm³/mol. The number of nitrogens with zero attached hydrogens (tertiary/aromatic N) is 2. The highest BCUT2D eigenvalue weighted by Crippen LogP contribution is 2.31. The zero-order valence-electron chi connectivity index (χ0n) is 9.00. The molecule has 0 bridgehead atoms. The Hall–Kier alpha value is -1.56. The van der Waals surface area contributed by atoms with E-state index in [-0.39, 0.29) is 12.1 Å². The maximum Gasteiger partial charge on any atom is 0.404 e. The SMILES string of the molecule is C[C@H](O)c1ccn(C2CC(NC(=O)O)C2)n1. The highest BCUT2D eigenvalue weighted by atomic mass is 16.4. The lowest BCUT2D eigenvalue weighted by Crippen LogP contribution is -2.44. The molecule has 16 heavy (non-hydrogen) atoms. The highest BCUT2D eigenvalue weighted by molar-refractivity contribution is 5.65. The predicted octanol–water partition coefficient (Wildman–Crippen LogP) is 0.907. The van der Waals surface area contributed by atoms with Gasteiger partial charge in [-0.2, -0.15) is 5.10 Å². The summed E-state index contributed by atoms with van der Waals surface area (Å²) in [5, 5.41) is 24.5. The Bertz CT molecular complexity index is 382. The van der Waals surface area contributed by atoms with Crippen molar-refractivity contribution >= 4 is 6.09 Å². The summed E-state index contributed by atoms with van der Waals surface area (Å²) in [6.07, 6.45) is 1.80. The molecule has 1 heterocycles. The molecule has 0 radical (unpaired) electrons. The summed E-state index contributed by atoms with van der Waals surface area (Å²) < 4.78 is 1.79. The van der Waals surface area contributed by atoms with Gasteiger partial charge in [-0.15, -0.1) is 0 Å². The average molecular weight is 225 g/mol. The summed E-state index contributed by atoms with van der Waals surface area (Å²) in [5.41, 5.74) is 0.648. The van der Waals surface area contributed by atoms with Gasteiger partial charge in [-0.25, -0.2) is 4.79 Å². The van der Waals surface area contributed by atoms with Crippen LogP contribution in [0.1, 0.15) is 37.6 Å². The van der Waals surface area contributed by atoms with Gasteiger partial charge in [0.1, 0.15) is 0 Å². The summed E-state index contributed by atoms with van der Waals surface area (Å²) in [7, 11) is 0. The third-order valence-electron chi connectivity index (χ3n) is 2.87. The minimum atomic E-state index is -0.978. The van der Waals surface area contributed by atoms with E-state index in [0.29, 0.717) is 5.69 Å². The van der Waals surface area contributed by atoms with Crippen molar-refractivity contribution in [3.05, 3.63) is 18.0 Å². The van der Waals surface area contributed by atoms with Gasteiger partial charge in [0.05, 0.1) is 17.8 Å². The van der Waals surface area contributed by atoms with Gasteiger partial charge < -0.3 is 15.5 Å². The summed E-state index contributed by atoms with van der Waals surface area (Å²) >= 11 is 0. The molecule has 6 heteroatoms. The Balaban J connectivity index is 1.89. The van der Waals surface area contributed by atoms with E-state index in [4.69, 9.17) is 5.11 Å².